The van der Waals surface area contributed by atoms with Gasteiger partial charge in [0.15, 0.2) is 0 Å². The smallest absolute Gasteiger partial charge is 0.0656 e. The number of fused-ring (bicyclic) bond motifs is 1. The normalized spacial score (nSPS) is 11.5. The van der Waals surface area contributed by atoms with Gasteiger partial charge in [-0.05, 0) is 23.8 Å². The Morgan fingerprint density at radius 3 is 3.21 bits per heavy atom. The Hall–Kier alpha value is -1.22. The van der Waals surface area contributed by atoms with E-state index in [-0.39, 0.29) is 0 Å². The van der Waals surface area contributed by atoms with Crippen LogP contribution in [0.1, 0.15) is 12.0 Å². The van der Waals surface area contributed by atoms with Crippen molar-refractivity contribution in [2.75, 3.05) is 5.75 Å². The standard InChI is InChI=1S/C11H12N2S/c14-7-2-1-4-9-5-3-6-11-10(9)8-12-13-11/h1,3-6,8,14H,2,7H2,(H,12,13). The molecule has 0 saturated heterocycles. The number of H-pyrrole nitrogens is 1. The van der Waals surface area contributed by atoms with E-state index in [0.29, 0.717) is 0 Å². The molecule has 0 atom stereocenters. The zero-order valence-corrected chi connectivity index (χ0v) is 8.67. The number of thiol groups is 1. The van der Waals surface area contributed by atoms with Gasteiger partial charge >= 0.3 is 0 Å². The van der Waals surface area contributed by atoms with Gasteiger partial charge in [-0.3, -0.25) is 5.10 Å². The van der Waals surface area contributed by atoms with Gasteiger partial charge in [0.25, 0.3) is 0 Å². The summed E-state index contributed by atoms with van der Waals surface area (Å²) in [6, 6.07) is 6.14. The first-order chi connectivity index (χ1) is 6.92. The predicted octanol–water partition coefficient (Wildman–Crippen LogP) is 2.90. The third-order valence-electron chi connectivity index (χ3n) is 2.11. The highest BCUT2D eigenvalue weighted by atomic mass is 32.1. The average Bonchev–Trinajstić information content (AvgIpc) is 2.67. The molecule has 1 aromatic carbocycles. The molecule has 0 spiro atoms. The van der Waals surface area contributed by atoms with Gasteiger partial charge in [-0.25, -0.2) is 0 Å². The molecule has 0 amide bonds. The van der Waals surface area contributed by atoms with Gasteiger partial charge in [-0.2, -0.15) is 17.7 Å². The number of benzene rings is 1. The molecular weight excluding hydrogens is 192 g/mol. The van der Waals surface area contributed by atoms with Gasteiger partial charge in [0.1, 0.15) is 0 Å². The van der Waals surface area contributed by atoms with Crippen molar-refractivity contribution in [2.45, 2.75) is 6.42 Å². The van der Waals surface area contributed by atoms with Crippen LogP contribution in [0.3, 0.4) is 0 Å². The lowest BCUT2D eigenvalue weighted by molar-refractivity contribution is 1.12. The summed E-state index contributed by atoms with van der Waals surface area (Å²) in [6.45, 7) is 0. The first-order valence-electron chi connectivity index (χ1n) is 4.61. The number of aromatic nitrogens is 2. The second-order valence-electron chi connectivity index (χ2n) is 3.09. The lowest BCUT2D eigenvalue weighted by Crippen LogP contribution is -1.74. The molecule has 0 unspecified atom stereocenters. The maximum Gasteiger partial charge on any atom is 0.0656 e. The molecule has 2 aromatic rings. The number of nitrogens with zero attached hydrogens (tertiary/aromatic N) is 1. The highest BCUT2D eigenvalue weighted by molar-refractivity contribution is 7.80. The molecule has 72 valence electrons. The number of rotatable bonds is 3. The van der Waals surface area contributed by atoms with E-state index in [9.17, 15) is 0 Å². The van der Waals surface area contributed by atoms with Gasteiger partial charge in [-0.15, -0.1) is 0 Å². The van der Waals surface area contributed by atoms with Crippen LogP contribution in [0.2, 0.25) is 0 Å². The molecule has 14 heavy (non-hydrogen) atoms. The highest BCUT2D eigenvalue weighted by Gasteiger charge is 1.97. The molecule has 1 aromatic heterocycles. The van der Waals surface area contributed by atoms with Crippen molar-refractivity contribution in [2.24, 2.45) is 0 Å². The van der Waals surface area contributed by atoms with Crippen LogP contribution in [0, 0.1) is 0 Å². The molecule has 0 saturated carbocycles. The maximum atomic E-state index is 4.16. The monoisotopic (exact) mass is 204 g/mol. The molecule has 0 aliphatic heterocycles. The largest absolute Gasteiger partial charge is 0.278 e. The summed E-state index contributed by atoms with van der Waals surface area (Å²) in [5.41, 5.74) is 2.29. The van der Waals surface area contributed by atoms with E-state index >= 15 is 0 Å². The van der Waals surface area contributed by atoms with Crippen molar-refractivity contribution in [1.82, 2.24) is 10.2 Å². The Morgan fingerprint density at radius 1 is 1.43 bits per heavy atom. The molecule has 1 N–H and O–H groups in total. The van der Waals surface area contributed by atoms with Gasteiger partial charge in [0.05, 0.1) is 11.7 Å². The Labute approximate surface area is 88.4 Å². The molecule has 1 heterocycles. The zero-order valence-electron chi connectivity index (χ0n) is 7.77. The Morgan fingerprint density at radius 2 is 2.36 bits per heavy atom. The molecule has 0 bridgehead atoms. The second-order valence-corrected chi connectivity index (χ2v) is 3.54. The minimum absolute atomic E-state index is 0.887. The minimum Gasteiger partial charge on any atom is -0.278 e. The van der Waals surface area contributed by atoms with E-state index in [1.807, 2.05) is 18.3 Å². The summed E-state index contributed by atoms with van der Waals surface area (Å²) in [5.74, 6) is 0.887. The quantitative estimate of drug-likeness (QED) is 0.739. The van der Waals surface area contributed by atoms with Gasteiger partial charge < -0.3 is 0 Å². The van der Waals surface area contributed by atoms with E-state index in [1.54, 1.807) is 0 Å². The lowest BCUT2D eigenvalue weighted by atomic mass is 10.1. The molecule has 0 fully saturated rings. The zero-order chi connectivity index (χ0) is 9.80. The SMILES string of the molecule is SCCC=Cc1cccc2[nH]ncc12. The van der Waals surface area contributed by atoms with E-state index in [0.717, 1.165) is 17.7 Å². The van der Waals surface area contributed by atoms with Crippen molar-refractivity contribution in [3.63, 3.8) is 0 Å². The van der Waals surface area contributed by atoms with Gasteiger partial charge in [0.2, 0.25) is 0 Å². The van der Waals surface area contributed by atoms with E-state index in [4.69, 9.17) is 0 Å². The van der Waals surface area contributed by atoms with Crippen LogP contribution in [0.25, 0.3) is 17.0 Å². The fraction of sp³-hybridized carbons (Fsp3) is 0.182. The van der Waals surface area contributed by atoms with Crippen LogP contribution in [-0.2, 0) is 0 Å². The molecule has 0 aliphatic carbocycles. The summed E-state index contributed by atoms with van der Waals surface area (Å²) in [4.78, 5) is 0. The van der Waals surface area contributed by atoms with E-state index < -0.39 is 0 Å². The minimum atomic E-state index is 0.887. The topological polar surface area (TPSA) is 28.7 Å². The van der Waals surface area contributed by atoms with Crippen LogP contribution < -0.4 is 0 Å². The Kier molecular flexibility index (Phi) is 2.89. The van der Waals surface area contributed by atoms with Gasteiger partial charge in [-0.1, -0.05) is 24.3 Å². The molecule has 2 rings (SSSR count). The molecule has 0 radical (unpaired) electrons. The molecular formula is C11H12N2S. The number of nitrogens with one attached hydrogen (secondary N) is 1. The Balaban J connectivity index is 2.36. The molecule has 3 heteroatoms. The lowest BCUT2D eigenvalue weighted by Gasteiger charge is -1.94. The Bertz CT molecular complexity index is 445. The summed E-state index contributed by atoms with van der Waals surface area (Å²) < 4.78 is 0. The van der Waals surface area contributed by atoms with Crippen molar-refractivity contribution in [1.29, 1.82) is 0 Å². The number of allylic oxidation sites excluding steroid dienone is 1. The predicted molar refractivity (Wildman–Crippen MR) is 63.6 cm³/mol. The summed E-state index contributed by atoms with van der Waals surface area (Å²) >= 11 is 4.16. The van der Waals surface area contributed by atoms with Crippen LogP contribution in [0.4, 0.5) is 0 Å². The van der Waals surface area contributed by atoms with E-state index in [1.165, 1.54) is 10.9 Å². The van der Waals surface area contributed by atoms with Crippen molar-refractivity contribution >= 4 is 29.6 Å². The van der Waals surface area contributed by atoms with Crippen molar-refractivity contribution in [3.8, 4) is 0 Å². The van der Waals surface area contributed by atoms with Crippen molar-refractivity contribution < 1.29 is 0 Å². The summed E-state index contributed by atoms with van der Waals surface area (Å²) in [7, 11) is 0. The third-order valence-corrected chi connectivity index (χ3v) is 2.37. The van der Waals surface area contributed by atoms with Crippen LogP contribution in [0.5, 0.6) is 0 Å². The number of hydrogen-bond acceptors (Lipinski definition) is 2. The molecule has 2 nitrogen and oxygen atoms in total. The summed E-state index contributed by atoms with van der Waals surface area (Å²) in [6.07, 6.45) is 7.11. The highest BCUT2D eigenvalue weighted by Crippen LogP contribution is 2.17. The van der Waals surface area contributed by atoms with Crippen molar-refractivity contribution in [3.05, 3.63) is 36.0 Å². The molecule has 0 aliphatic rings. The van der Waals surface area contributed by atoms with Crippen LogP contribution >= 0.6 is 12.6 Å². The fourth-order valence-electron chi connectivity index (χ4n) is 1.42. The summed E-state index contributed by atoms with van der Waals surface area (Å²) in [5, 5.41) is 8.14. The first kappa shape index (κ1) is 9.34. The second kappa shape index (κ2) is 4.33. The number of aromatic amines is 1. The van der Waals surface area contributed by atoms with Crippen LogP contribution in [-0.4, -0.2) is 16.0 Å². The maximum absolute atomic E-state index is 4.16. The number of hydrogen-bond donors (Lipinski definition) is 2. The average molecular weight is 204 g/mol. The first-order valence-corrected chi connectivity index (χ1v) is 5.24. The van der Waals surface area contributed by atoms with E-state index in [2.05, 4.69) is 41.0 Å². The van der Waals surface area contributed by atoms with Crippen LogP contribution in [0.15, 0.2) is 30.5 Å². The fourth-order valence-corrected chi connectivity index (χ4v) is 1.57. The van der Waals surface area contributed by atoms with Gasteiger partial charge in [0, 0.05) is 5.39 Å². The third kappa shape index (κ3) is 1.82.